The van der Waals surface area contributed by atoms with E-state index in [1.165, 1.54) is 20.8 Å². The highest BCUT2D eigenvalue weighted by Gasteiger charge is 2.47. The van der Waals surface area contributed by atoms with Crippen LogP contribution in [0.1, 0.15) is 27.2 Å². The van der Waals surface area contributed by atoms with Gasteiger partial charge in [0.2, 0.25) is 0 Å². The van der Waals surface area contributed by atoms with E-state index in [1.807, 2.05) is 0 Å². The minimum absolute atomic E-state index is 0.156. The Bertz CT molecular complexity index is 334. The molecule has 7 heteroatoms. The lowest BCUT2D eigenvalue weighted by Gasteiger charge is -2.16. The highest BCUT2D eigenvalue weighted by atomic mass is 19.4. The average Bonchev–Trinajstić information content (AvgIpc) is 2.23. The second-order valence-electron chi connectivity index (χ2n) is 3.99. The number of rotatable bonds is 6. The maximum absolute atomic E-state index is 12.3. The van der Waals surface area contributed by atoms with E-state index in [1.54, 1.807) is 0 Å². The SMILES string of the molecule is CCOC(=O)C(CC(=O)C(C)C)C(=O)C(F)(F)F. The van der Waals surface area contributed by atoms with Gasteiger partial charge >= 0.3 is 12.1 Å². The number of ether oxygens (including phenoxy) is 1. The van der Waals surface area contributed by atoms with Crippen LogP contribution in [0.2, 0.25) is 0 Å². The molecule has 0 amide bonds. The highest BCUT2D eigenvalue weighted by molar-refractivity contribution is 6.05. The first-order valence-corrected chi connectivity index (χ1v) is 5.41. The Labute approximate surface area is 102 Å². The molecule has 0 saturated carbocycles. The first-order valence-electron chi connectivity index (χ1n) is 5.41. The van der Waals surface area contributed by atoms with E-state index in [4.69, 9.17) is 0 Å². The van der Waals surface area contributed by atoms with E-state index < -0.39 is 42.0 Å². The third kappa shape index (κ3) is 4.85. The lowest BCUT2D eigenvalue weighted by atomic mass is 9.93. The molecule has 1 atom stereocenters. The molecular formula is C11H15F3O4. The number of halogens is 3. The van der Waals surface area contributed by atoms with Crippen molar-refractivity contribution in [2.75, 3.05) is 6.61 Å². The van der Waals surface area contributed by atoms with Crippen LogP contribution in [0.25, 0.3) is 0 Å². The Morgan fingerprint density at radius 1 is 1.17 bits per heavy atom. The van der Waals surface area contributed by atoms with Crippen LogP contribution in [0.5, 0.6) is 0 Å². The van der Waals surface area contributed by atoms with Crippen LogP contribution in [0.3, 0.4) is 0 Å². The zero-order chi connectivity index (χ0) is 14.5. The van der Waals surface area contributed by atoms with Crippen molar-refractivity contribution in [3.63, 3.8) is 0 Å². The molecule has 0 aromatic rings. The van der Waals surface area contributed by atoms with Gasteiger partial charge in [0, 0.05) is 12.3 Å². The monoisotopic (exact) mass is 268 g/mol. The van der Waals surface area contributed by atoms with Crippen molar-refractivity contribution in [3.8, 4) is 0 Å². The lowest BCUT2D eigenvalue weighted by Crippen LogP contribution is -2.38. The predicted octanol–water partition coefficient (Wildman–Crippen LogP) is 1.91. The first-order chi connectivity index (χ1) is 8.11. The Morgan fingerprint density at radius 3 is 2.00 bits per heavy atom. The third-order valence-corrected chi connectivity index (χ3v) is 2.22. The summed E-state index contributed by atoms with van der Waals surface area (Å²) in [4.78, 5) is 33.7. The van der Waals surface area contributed by atoms with Gasteiger partial charge in [-0.1, -0.05) is 13.8 Å². The molecule has 0 aliphatic rings. The second kappa shape index (κ2) is 6.51. The van der Waals surface area contributed by atoms with E-state index in [-0.39, 0.29) is 6.61 Å². The van der Waals surface area contributed by atoms with Crippen LogP contribution in [-0.2, 0) is 19.1 Å². The summed E-state index contributed by atoms with van der Waals surface area (Å²) in [6.07, 6.45) is -5.94. The Morgan fingerprint density at radius 2 is 1.67 bits per heavy atom. The number of Topliss-reactive ketones (excluding diaryl/α,β-unsaturated/α-hetero) is 2. The average molecular weight is 268 g/mol. The summed E-state index contributed by atoms with van der Waals surface area (Å²) >= 11 is 0. The molecule has 0 spiro atoms. The van der Waals surface area contributed by atoms with Crippen LogP contribution < -0.4 is 0 Å². The number of carbonyl (C=O) groups is 3. The van der Waals surface area contributed by atoms with Crippen molar-refractivity contribution in [2.45, 2.75) is 33.4 Å². The molecule has 0 rings (SSSR count). The van der Waals surface area contributed by atoms with Gasteiger partial charge in [-0.15, -0.1) is 0 Å². The molecule has 0 radical (unpaired) electrons. The van der Waals surface area contributed by atoms with Crippen LogP contribution in [0.15, 0.2) is 0 Å². The van der Waals surface area contributed by atoms with Crippen molar-refractivity contribution in [1.29, 1.82) is 0 Å². The summed E-state index contributed by atoms with van der Waals surface area (Å²) in [5, 5.41) is 0. The molecule has 18 heavy (non-hydrogen) atoms. The molecule has 0 bridgehead atoms. The predicted molar refractivity (Wildman–Crippen MR) is 55.6 cm³/mol. The zero-order valence-corrected chi connectivity index (χ0v) is 10.3. The van der Waals surface area contributed by atoms with Crippen molar-refractivity contribution >= 4 is 17.5 Å². The minimum atomic E-state index is -5.16. The number of ketones is 2. The fourth-order valence-corrected chi connectivity index (χ4v) is 1.16. The number of hydrogen-bond acceptors (Lipinski definition) is 4. The Balaban J connectivity index is 5.01. The quantitative estimate of drug-likeness (QED) is 0.545. The molecule has 0 heterocycles. The molecule has 0 aliphatic heterocycles. The van der Waals surface area contributed by atoms with Gasteiger partial charge in [0.1, 0.15) is 11.7 Å². The van der Waals surface area contributed by atoms with Gasteiger partial charge < -0.3 is 4.74 Å². The van der Waals surface area contributed by atoms with E-state index in [0.717, 1.165) is 0 Å². The summed E-state index contributed by atoms with van der Waals surface area (Å²) in [7, 11) is 0. The van der Waals surface area contributed by atoms with Crippen molar-refractivity contribution in [2.24, 2.45) is 11.8 Å². The fraction of sp³-hybridized carbons (Fsp3) is 0.727. The highest BCUT2D eigenvalue weighted by Crippen LogP contribution is 2.24. The van der Waals surface area contributed by atoms with Gasteiger partial charge in [-0.2, -0.15) is 13.2 Å². The largest absolute Gasteiger partial charge is 0.465 e. The minimum Gasteiger partial charge on any atom is -0.465 e. The van der Waals surface area contributed by atoms with E-state index >= 15 is 0 Å². The molecule has 0 aliphatic carbocycles. The zero-order valence-electron chi connectivity index (χ0n) is 10.3. The Kier molecular flexibility index (Phi) is 6.00. The standard InChI is InChI=1S/C11H15F3O4/c1-4-18-10(17)7(5-8(15)6(2)3)9(16)11(12,13)14/h6-7H,4-5H2,1-3H3. The third-order valence-electron chi connectivity index (χ3n) is 2.22. The number of alkyl halides is 3. The molecule has 0 N–H and O–H groups in total. The molecule has 1 unspecified atom stereocenters. The summed E-state index contributed by atoms with van der Waals surface area (Å²) < 4.78 is 41.2. The smallest absolute Gasteiger partial charge is 0.450 e. The molecular weight excluding hydrogens is 253 g/mol. The normalized spacial score (nSPS) is 13.3. The molecule has 4 nitrogen and oxygen atoms in total. The fourth-order valence-electron chi connectivity index (χ4n) is 1.16. The number of carbonyl (C=O) groups excluding carboxylic acids is 3. The van der Waals surface area contributed by atoms with Crippen LogP contribution in [0.4, 0.5) is 13.2 Å². The Hall–Kier alpha value is -1.40. The number of esters is 1. The summed E-state index contributed by atoms with van der Waals surface area (Å²) in [5.41, 5.74) is 0. The van der Waals surface area contributed by atoms with Crippen LogP contribution >= 0.6 is 0 Å². The van der Waals surface area contributed by atoms with Crippen molar-refractivity contribution in [1.82, 2.24) is 0 Å². The molecule has 0 fully saturated rings. The summed E-state index contributed by atoms with van der Waals surface area (Å²) in [6, 6.07) is 0. The lowest BCUT2D eigenvalue weighted by molar-refractivity contribution is -0.181. The molecule has 0 aromatic carbocycles. The van der Waals surface area contributed by atoms with E-state index in [2.05, 4.69) is 4.74 Å². The molecule has 0 saturated heterocycles. The maximum atomic E-state index is 12.3. The van der Waals surface area contributed by atoms with Gasteiger partial charge in [0.05, 0.1) is 6.61 Å². The summed E-state index contributed by atoms with van der Waals surface area (Å²) in [6.45, 7) is 4.19. The van der Waals surface area contributed by atoms with Crippen molar-refractivity contribution < 1.29 is 32.3 Å². The van der Waals surface area contributed by atoms with E-state index in [9.17, 15) is 27.6 Å². The molecule has 0 aromatic heterocycles. The van der Waals surface area contributed by atoms with Gasteiger partial charge in [-0.3, -0.25) is 14.4 Å². The van der Waals surface area contributed by atoms with Gasteiger partial charge in [0.15, 0.2) is 0 Å². The van der Waals surface area contributed by atoms with Gasteiger partial charge in [0.25, 0.3) is 5.78 Å². The van der Waals surface area contributed by atoms with Crippen LogP contribution in [-0.4, -0.2) is 30.3 Å². The maximum Gasteiger partial charge on any atom is 0.450 e. The van der Waals surface area contributed by atoms with Gasteiger partial charge in [-0.05, 0) is 6.92 Å². The number of hydrogen-bond donors (Lipinski definition) is 0. The summed E-state index contributed by atoms with van der Waals surface area (Å²) in [5.74, 6) is -6.79. The van der Waals surface area contributed by atoms with Gasteiger partial charge in [-0.25, -0.2) is 0 Å². The van der Waals surface area contributed by atoms with Crippen molar-refractivity contribution in [3.05, 3.63) is 0 Å². The first kappa shape index (κ1) is 16.6. The molecule has 104 valence electrons. The second-order valence-corrected chi connectivity index (χ2v) is 3.99. The van der Waals surface area contributed by atoms with E-state index in [0.29, 0.717) is 0 Å². The topological polar surface area (TPSA) is 60.4 Å². The van der Waals surface area contributed by atoms with Crippen LogP contribution in [0, 0.1) is 11.8 Å².